The fourth-order valence-corrected chi connectivity index (χ4v) is 3.29. The predicted molar refractivity (Wildman–Crippen MR) is 71.2 cm³/mol. The summed E-state index contributed by atoms with van der Waals surface area (Å²) in [6.07, 6.45) is 0. The van der Waals surface area contributed by atoms with Crippen molar-refractivity contribution in [2.75, 3.05) is 7.11 Å². The summed E-state index contributed by atoms with van der Waals surface area (Å²) < 4.78 is 17.8. The minimum atomic E-state index is -1.22. The molecular formula is C12H15BrO3S. The Morgan fingerprint density at radius 3 is 2.59 bits per heavy atom. The van der Waals surface area contributed by atoms with Gasteiger partial charge >= 0.3 is 5.97 Å². The number of hydrogen-bond donors (Lipinski definition) is 0. The van der Waals surface area contributed by atoms with Gasteiger partial charge in [-0.2, -0.15) is 0 Å². The lowest BCUT2D eigenvalue weighted by atomic mass is 10.1. The van der Waals surface area contributed by atoms with Crippen LogP contribution in [0.4, 0.5) is 0 Å². The average Bonchev–Trinajstić information content (AvgIpc) is 2.35. The van der Waals surface area contributed by atoms with Crippen molar-refractivity contribution < 1.29 is 13.7 Å². The molecule has 1 rings (SSSR count). The van der Waals surface area contributed by atoms with Gasteiger partial charge in [-0.1, -0.05) is 28.9 Å². The predicted octanol–water partition coefficient (Wildman–Crippen LogP) is 2.75. The molecule has 0 saturated heterocycles. The number of hydrogen-bond acceptors (Lipinski definition) is 3. The molecule has 0 amide bonds. The summed E-state index contributed by atoms with van der Waals surface area (Å²) in [5.41, 5.74) is 0. The molecule has 0 spiro atoms. The molecule has 0 radical (unpaired) electrons. The van der Waals surface area contributed by atoms with E-state index < -0.39 is 10.8 Å². The highest BCUT2D eigenvalue weighted by molar-refractivity contribution is 9.10. The summed E-state index contributed by atoms with van der Waals surface area (Å²) in [4.78, 5) is 12.1. The number of methoxy groups -OCH3 is 1. The Morgan fingerprint density at radius 1 is 1.41 bits per heavy atom. The number of carbonyl (C=O) groups excluding carboxylic acids is 1. The van der Waals surface area contributed by atoms with Gasteiger partial charge in [0.2, 0.25) is 0 Å². The highest BCUT2D eigenvalue weighted by Crippen LogP contribution is 2.21. The van der Waals surface area contributed by atoms with Crippen LogP contribution in [0.15, 0.2) is 33.6 Å². The van der Waals surface area contributed by atoms with Gasteiger partial charge in [0.15, 0.2) is 0 Å². The van der Waals surface area contributed by atoms with Crippen LogP contribution in [0.2, 0.25) is 0 Å². The molecule has 0 fully saturated rings. The Balaban J connectivity index is 2.86. The summed E-state index contributed by atoms with van der Waals surface area (Å²) in [6, 6.07) is 7.29. The molecule has 0 saturated carbocycles. The summed E-state index contributed by atoms with van der Waals surface area (Å²) in [6.45, 7) is 3.52. The normalized spacial score (nSPS) is 16.0. The zero-order valence-electron chi connectivity index (χ0n) is 9.98. The molecule has 17 heavy (non-hydrogen) atoms. The number of halogens is 1. The Bertz CT molecular complexity index is 434. The van der Waals surface area contributed by atoms with E-state index in [9.17, 15) is 9.00 Å². The maximum Gasteiger partial charge on any atom is 0.309 e. The number of esters is 1. The monoisotopic (exact) mass is 318 g/mol. The van der Waals surface area contributed by atoms with Crippen LogP contribution in [0.1, 0.15) is 13.8 Å². The van der Waals surface area contributed by atoms with E-state index in [2.05, 4.69) is 20.7 Å². The van der Waals surface area contributed by atoms with Gasteiger partial charge in [-0.15, -0.1) is 0 Å². The smallest absolute Gasteiger partial charge is 0.309 e. The Labute approximate surface area is 112 Å². The first-order chi connectivity index (χ1) is 7.97. The molecule has 3 nitrogen and oxygen atoms in total. The van der Waals surface area contributed by atoms with Crippen molar-refractivity contribution in [1.82, 2.24) is 0 Å². The molecular weight excluding hydrogens is 304 g/mol. The molecule has 1 aromatic carbocycles. The minimum Gasteiger partial charge on any atom is -0.469 e. The van der Waals surface area contributed by atoms with E-state index >= 15 is 0 Å². The number of carbonyl (C=O) groups is 1. The summed E-state index contributed by atoms with van der Waals surface area (Å²) in [5.74, 6) is -0.722. The second-order valence-electron chi connectivity index (χ2n) is 3.77. The lowest BCUT2D eigenvalue weighted by Gasteiger charge is -2.17. The first-order valence-electron chi connectivity index (χ1n) is 5.21. The lowest BCUT2D eigenvalue weighted by molar-refractivity contribution is -0.144. The molecule has 0 aliphatic heterocycles. The van der Waals surface area contributed by atoms with E-state index in [1.54, 1.807) is 26.0 Å². The van der Waals surface area contributed by atoms with Crippen molar-refractivity contribution in [2.45, 2.75) is 24.0 Å². The molecule has 0 N–H and O–H groups in total. The minimum absolute atomic E-state index is 0.281. The van der Waals surface area contributed by atoms with Crippen LogP contribution in [0.3, 0.4) is 0 Å². The van der Waals surface area contributed by atoms with Gasteiger partial charge in [-0.05, 0) is 25.1 Å². The van der Waals surface area contributed by atoms with Crippen molar-refractivity contribution >= 4 is 32.7 Å². The van der Waals surface area contributed by atoms with Crippen LogP contribution in [0, 0.1) is 5.92 Å². The molecule has 94 valence electrons. The summed E-state index contributed by atoms with van der Waals surface area (Å²) >= 11 is 3.33. The van der Waals surface area contributed by atoms with E-state index in [4.69, 9.17) is 0 Å². The highest BCUT2D eigenvalue weighted by Gasteiger charge is 2.26. The number of benzene rings is 1. The molecule has 1 aromatic rings. The molecule has 5 heteroatoms. The van der Waals surface area contributed by atoms with Crippen molar-refractivity contribution in [3.8, 4) is 0 Å². The van der Waals surface area contributed by atoms with E-state index in [1.807, 2.05) is 12.1 Å². The van der Waals surface area contributed by atoms with E-state index in [1.165, 1.54) is 7.11 Å². The average molecular weight is 319 g/mol. The molecule has 0 bridgehead atoms. The second-order valence-corrected chi connectivity index (χ2v) is 6.50. The van der Waals surface area contributed by atoms with Gasteiger partial charge in [-0.3, -0.25) is 9.00 Å². The molecule has 0 aliphatic carbocycles. The van der Waals surface area contributed by atoms with Crippen LogP contribution in [-0.4, -0.2) is 22.5 Å². The van der Waals surface area contributed by atoms with Crippen LogP contribution in [0.5, 0.6) is 0 Å². The van der Waals surface area contributed by atoms with Gasteiger partial charge in [0.25, 0.3) is 0 Å². The Morgan fingerprint density at radius 2 is 2.06 bits per heavy atom. The number of rotatable bonds is 4. The van der Waals surface area contributed by atoms with Gasteiger partial charge < -0.3 is 4.74 Å². The maximum absolute atomic E-state index is 12.2. The molecule has 0 aromatic heterocycles. The molecule has 0 heterocycles. The fourth-order valence-electron chi connectivity index (χ4n) is 1.37. The van der Waals surface area contributed by atoms with Gasteiger partial charge in [0, 0.05) is 14.6 Å². The van der Waals surface area contributed by atoms with Gasteiger partial charge in [0.1, 0.15) is 0 Å². The second kappa shape index (κ2) is 6.31. The standard InChI is InChI=1S/C12H15BrO3S/c1-8(12(14)16-3)9(2)17(15)11-6-4-5-10(13)7-11/h4-9H,1-3H3. The van der Waals surface area contributed by atoms with E-state index in [0.717, 1.165) is 4.47 Å². The van der Waals surface area contributed by atoms with E-state index in [-0.39, 0.29) is 17.1 Å². The molecule has 3 atom stereocenters. The first-order valence-corrected chi connectivity index (χ1v) is 7.22. The fraction of sp³-hybridized carbons (Fsp3) is 0.417. The lowest BCUT2D eigenvalue weighted by Crippen LogP contribution is -2.28. The molecule has 3 unspecified atom stereocenters. The molecule has 0 aliphatic rings. The zero-order valence-corrected chi connectivity index (χ0v) is 12.4. The summed E-state index contributed by atoms with van der Waals surface area (Å²) in [7, 11) is 0.119. The van der Waals surface area contributed by atoms with Gasteiger partial charge in [0.05, 0.1) is 23.8 Å². The van der Waals surface area contributed by atoms with Crippen LogP contribution < -0.4 is 0 Å². The van der Waals surface area contributed by atoms with Crippen molar-refractivity contribution in [1.29, 1.82) is 0 Å². The zero-order chi connectivity index (χ0) is 13.0. The highest BCUT2D eigenvalue weighted by atomic mass is 79.9. The van der Waals surface area contributed by atoms with Crippen molar-refractivity contribution in [3.05, 3.63) is 28.7 Å². The topological polar surface area (TPSA) is 43.4 Å². The third-order valence-corrected chi connectivity index (χ3v) is 4.94. The number of ether oxygens (including phenoxy) is 1. The van der Waals surface area contributed by atoms with E-state index in [0.29, 0.717) is 4.90 Å². The largest absolute Gasteiger partial charge is 0.469 e. The quantitative estimate of drug-likeness (QED) is 0.802. The third kappa shape index (κ3) is 3.64. The van der Waals surface area contributed by atoms with Crippen LogP contribution in [0.25, 0.3) is 0 Å². The third-order valence-electron chi connectivity index (χ3n) is 2.64. The van der Waals surface area contributed by atoms with Crippen molar-refractivity contribution in [2.24, 2.45) is 5.92 Å². The van der Waals surface area contributed by atoms with Crippen molar-refractivity contribution in [3.63, 3.8) is 0 Å². The van der Waals surface area contributed by atoms with Crippen LogP contribution in [-0.2, 0) is 20.3 Å². The Kier molecular flexibility index (Phi) is 5.33. The van der Waals surface area contributed by atoms with Gasteiger partial charge in [-0.25, -0.2) is 0 Å². The van der Waals surface area contributed by atoms with Crippen LogP contribution >= 0.6 is 15.9 Å². The first kappa shape index (κ1) is 14.4. The maximum atomic E-state index is 12.2. The summed E-state index contributed by atoms with van der Waals surface area (Å²) in [5, 5.41) is -0.281. The Hall–Kier alpha value is -0.680. The SMILES string of the molecule is COC(=O)C(C)C(C)S(=O)c1cccc(Br)c1.